The van der Waals surface area contributed by atoms with Gasteiger partial charge >= 0.3 is 0 Å². The molecular formula is C21H21N4O3+. The van der Waals surface area contributed by atoms with Gasteiger partial charge in [0.15, 0.2) is 0 Å². The van der Waals surface area contributed by atoms with E-state index in [1.54, 1.807) is 50.0 Å². The summed E-state index contributed by atoms with van der Waals surface area (Å²) >= 11 is 0. The fraction of sp³-hybridized carbons (Fsp3) is 0.286. The van der Waals surface area contributed by atoms with Crippen LogP contribution in [-0.4, -0.2) is 39.8 Å². The van der Waals surface area contributed by atoms with Gasteiger partial charge in [0, 0.05) is 37.1 Å². The number of ether oxygens (including phenoxy) is 1. The monoisotopic (exact) mass is 377 g/mol. The molecule has 0 fully saturated rings. The molecule has 0 atom stereocenters. The van der Waals surface area contributed by atoms with Gasteiger partial charge in [0.25, 0.3) is 5.82 Å². The van der Waals surface area contributed by atoms with Crippen molar-refractivity contribution in [1.29, 1.82) is 0 Å². The first-order valence-corrected chi connectivity index (χ1v) is 9.24. The number of rotatable bonds is 6. The minimum atomic E-state index is -0.139. The molecule has 0 amide bonds. The number of aromatic nitrogens is 4. The number of carbonyl (C=O) groups is 2. The molecule has 0 saturated carbocycles. The van der Waals surface area contributed by atoms with Crippen LogP contribution in [0, 0.1) is 0 Å². The van der Waals surface area contributed by atoms with E-state index in [4.69, 9.17) is 4.74 Å². The molecule has 7 heteroatoms. The standard InChI is InChI=1S/C21H21N4O3/c1-3-17-24(10-11-28-2)18-19(25(17)13-14-12-22-8-9-23-14)21(27)16-7-5-4-6-15(16)20(18)26/h4-9,12H,3,10-11,13H2,1-2H3/q+1. The van der Waals surface area contributed by atoms with E-state index in [9.17, 15) is 9.59 Å². The van der Waals surface area contributed by atoms with Crippen LogP contribution in [0.25, 0.3) is 0 Å². The van der Waals surface area contributed by atoms with Crippen molar-refractivity contribution in [3.05, 3.63) is 76.9 Å². The zero-order valence-electron chi connectivity index (χ0n) is 15.9. The number of imidazole rings is 1. The van der Waals surface area contributed by atoms with Crippen LogP contribution < -0.4 is 4.57 Å². The molecule has 0 spiro atoms. The smallest absolute Gasteiger partial charge is 0.257 e. The van der Waals surface area contributed by atoms with Crippen molar-refractivity contribution < 1.29 is 18.9 Å². The Morgan fingerprint density at radius 3 is 2.50 bits per heavy atom. The van der Waals surface area contributed by atoms with Crippen molar-refractivity contribution in [2.24, 2.45) is 0 Å². The second-order valence-corrected chi connectivity index (χ2v) is 6.60. The highest BCUT2D eigenvalue weighted by Crippen LogP contribution is 2.27. The van der Waals surface area contributed by atoms with E-state index in [1.165, 1.54) is 0 Å². The Kier molecular flexibility index (Phi) is 4.83. The summed E-state index contributed by atoms with van der Waals surface area (Å²) in [5, 5.41) is 0. The summed E-state index contributed by atoms with van der Waals surface area (Å²) in [5.41, 5.74) is 2.47. The van der Waals surface area contributed by atoms with Gasteiger partial charge < -0.3 is 4.74 Å². The molecular weight excluding hydrogens is 356 g/mol. The number of benzene rings is 1. The molecule has 1 aromatic carbocycles. The van der Waals surface area contributed by atoms with Crippen LogP contribution in [0.15, 0.2) is 42.9 Å². The summed E-state index contributed by atoms with van der Waals surface area (Å²) in [4.78, 5) is 35.1. The molecule has 4 rings (SSSR count). The zero-order valence-corrected chi connectivity index (χ0v) is 15.9. The van der Waals surface area contributed by atoms with Gasteiger partial charge in [0.2, 0.25) is 23.0 Å². The van der Waals surface area contributed by atoms with Gasteiger partial charge in [0.05, 0.1) is 12.8 Å². The number of fused-ring (bicyclic) bond motifs is 2. The molecule has 2 heterocycles. The molecule has 3 aromatic rings. The quantitative estimate of drug-likeness (QED) is 0.477. The second-order valence-electron chi connectivity index (χ2n) is 6.60. The van der Waals surface area contributed by atoms with Crippen LogP contribution in [0.1, 0.15) is 50.5 Å². The van der Waals surface area contributed by atoms with Gasteiger partial charge in [-0.25, -0.2) is 9.13 Å². The molecule has 0 saturated heterocycles. The van der Waals surface area contributed by atoms with Gasteiger partial charge in [-0.2, -0.15) is 0 Å². The van der Waals surface area contributed by atoms with Gasteiger partial charge in [0.1, 0.15) is 18.8 Å². The third-order valence-corrected chi connectivity index (χ3v) is 5.01. The van der Waals surface area contributed by atoms with Gasteiger partial charge in [-0.1, -0.05) is 31.2 Å². The maximum Gasteiger partial charge on any atom is 0.257 e. The zero-order chi connectivity index (χ0) is 19.7. The predicted octanol–water partition coefficient (Wildman–Crippen LogP) is 1.60. The lowest BCUT2D eigenvalue weighted by molar-refractivity contribution is -0.697. The Bertz CT molecular complexity index is 1060. The van der Waals surface area contributed by atoms with Crippen LogP contribution in [-0.2, 0) is 24.2 Å². The number of hydrogen-bond acceptors (Lipinski definition) is 5. The van der Waals surface area contributed by atoms with Gasteiger partial charge in [-0.05, 0) is 0 Å². The Morgan fingerprint density at radius 2 is 1.86 bits per heavy atom. The molecule has 1 aliphatic carbocycles. The number of methoxy groups -OCH3 is 1. The SMILES string of the molecule is CCc1n(CCOC)c2c([n+]1Cc1cnccn1)C(=O)c1ccccc1C2=O. The number of carbonyl (C=O) groups excluding carboxylic acids is 2. The molecule has 7 nitrogen and oxygen atoms in total. The van der Waals surface area contributed by atoms with E-state index in [1.807, 2.05) is 16.1 Å². The summed E-state index contributed by atoms with van der Waals surface area (Å²) in [6.07, 6.45) is 5.57. The van der Waals surface area contributed by atoms with E-state index in [0.29, 0.717) is 48.6 Å². The molecule has 1 aliphatic rings. The molecule has 0 N–H and O–H groups in total. The van der Waals surface area contributed by atoms with E-state index in [2.05, 4.69) is 9.97 Å². The van der Waals surface area contributed by atoms with Gasteiger partial charge in [-0.3, -0.25) is 19.6 Å². The second kappa shape index (κ2) is 7.44. The summed E-state index contributed by atoms with van der Waals surface area (Å²) in [6, 6.07) is 6.99. The lowest BCUT2D eigenvalue weighted by Crippen LogP contribution is -2.44. The average molecular weight is 377 g/mol. The number of nitrogens with zero attached hydrogens (tertiary/aromatic N) is 4. The Hall–Kier alpha value is -3.19. The van der Waals surface area contributed by atoms with Crippen molar-refractivity contribution in [3.8, 4) is 0 Å². The van der Waals surface area contributed by atoms with Crippen molar-refractivity contribution in [3.63, 3.8) is 0 Å². The Labute approximate surface area is 162 Å². The van der Waals surface area contributed by atoms with Crippen molar-refractivity contribution in [2.45, 2.75) is 26.4 Å². The number of hydrogen-bond donors (Lipinski definition) is 0. The fourth-order valence-electron chi connectivity index (χ4n) is 3.80. The van der Waals surface area contributed by atoms with E-state index in [-0.39, 0.29) is 11.6 Å². The summed E-state index contributed by atoms with van der Waals surface area (Å²) in [6.45, 7) is 3.33. The topological polar surface area (TPSA) is 78.0 Å². The molecule has 28 heavy (non-hydrogen) atoms. The van der Waals surface area contributed by atoms with E-state index < -0.39 is 0 Å². The summed E-state index contributed by atoms with van der Waals surface area (Å²) in [7, 11) is 1.62. The molecule has 0 unspecified atom stereocenters. The molecule has 0 radical (unpaired) electrons. The average Bonchev–Trinajstić information content (AvgIpc) is 3.04. The van der Waals surface area contributed by atoms with E-state index in [0.717, 1.165) is 11.5 Å². The largest absolute Gasteiger partial charge is 0.381 e. The summed E-state index contributed by atoms with van der Waals surface area (Å²) < 4.78 is 9.08. The van der Waals surface area contributed by atoms with Crippen LogP contribution in [0.2, 0.25) is 0 Å². The van der Waals surface area contributed by atoms with Gasteiger partial charge in [-0.15, -0.1) is 0 Å². The molecule has 2 aromatic heterocycles. The highest BCUT2D eigenvalue weighted by molar-refractivity contribution is 6.26. The lowest BCUT2D eigenvalue weighted by Gasteiger charge is -2.12. The van der Waals surface area contributed by atoms with Crippen molar-refractivity contribution in [2.75, 3.05) is 13.7 Å². The first-order chi connectivity index (χ1) is 13.7. The highest BCUT2D eigenvalue weighted by Gasteiger charge is 2.43. The van der Waals surface area contributed by atoms with Crippen LogP contribution in [0.5, 0.6) is 0 Å². The molecule has 0 bridgehead atoms. The highest BCUT2D eigenvalue weighted by atomic mass is 16.5. The van der Waals surface area contributed by atoms with Crippen molar-refractivity contribution in [1.82, 2.24) is 14.5 Å². The first kappa shape index (κ1) is 18.2. The third-order valence-electron chi connectivity index (χ3n) is 5.01. The lowest BCUT2D eigenvalue weighted by atomic mass is 9.90. The number of ketones is 2. The third kappa shape index (κ3) is 2.84. The fourth-order valence-corrected chi connectivity index (χ4v) is 3.80. The Balaban J connectivity index is 1.95. The maximum absolute atomic E-state index is 13.4. The Morgan fingerprint density at radius 1 is 1.11 bits per heavy atom. The molecule has 142 valence electrons. The minimum Gasteiger partial charge on any atom is -0.381 e. The molecule has 0 aliphatic heterocycles. The van der Waals surface area contributed by atoms with E-state index >= 15 is 0 Å². The van der Waals surface area contributed by atoms with Crippen LogP contribution in [0.3, 0.4) is 0 Å². The first-order valence-electron chi connectivity index (χ1n) is 9.24. The van der Waals surface area contributed by atoms with Crippen molar-refractivity contribution >= 4 is 11.6 Å². The maximum atomic E-state index is 13.4. The summed E-state index contributed by atoms with van der Waals surface area (Å²) in [5.74, 6) is 0.621. The van der Waals surface area contributed by atoms with Crippen LogP contribution in [0.4, 0.5) is 0 Å². The minimum absolute atomic E-state index is 0.131. The predicted molar refractivity (Wildman–Crippen MR) is 100 cm³/mol. The van der Waals surface area contributed by atoms with Crippen LogP contribution >= 0.6 is 0 Å². The normalized spacial score (nSPS) is 12.8.